The first-order chi connectivity index (χ1) is 9.43. The van der Waals surface area contributed by atoms with Crippen molar-refractivity contribution in [1.82, 2.24) is 5.32 Å². The Morgan fingerprint density at radius 3 is 2.55 bits per heavy atom. The third-order valence-corrected chi connectivity index (χ3v) is 3.12. The molecule has 0 bridgehead atoms. The van der Waals surface area contributed by atoms with Crippen molar-refractivity contribution in [3.8, 4) is 5.75 Å². The number of benzene rings is 1. The van der Waals surface area contributed by atoms with Crippen LogP contribution in [0.5, 0.6) is 5.75 Å². The highest BCUT2D eigenvalue weighted by atomic mass is 16.6. The smallest absolute Gasteiger partial charge is 0.407 e. The maximum Gasteiger partial charge on any atom is 0.407 e. The number of ether oxygens (including phenoxy) is 1. The van der Waals surface area contributed by atoms with Crippen LogP contribution in [-0.2, 0) is 11.2 Å². The van der Waals surface area contributed by atoms with E-state index in [1.54, 1.807) is 12.1 Å². The van der Waals surface area contributed by atoms with E-state index in [-0.39, 0.29) is 11.8 Å². The van der Waals surface area contributed by atoms with Crippen molar-refractivity contribution in [2.45, 2.75) is 52.1 Å². The van der Waals surface area contributed by atoms with Crippen molar-refractivity contribution in [3.05, 3.63) is 29.8 Å². The Kier molecular flexibility index (Phi) is 6.36. The zero-order chi connectivity index (χ0) is 15.0. The second kappa shape index (κ2) is 7.78. The number of aromatic hydroxyl groups is 1. The molecule has 1 aromatic rings. The van der Waals surface area contributed by atoms with E-state index in [1.807, 2.05) is 26.0 Å². The maximum atomic E-state index is 11.7. The highest BCUT2D eigenvalue weighted by Crippen LogP contribution is 2.17. The Morgan fingerprint density at radius 1 is 1.30 bits per heavy atom. The number of alkyl carbamates (subject to hydrolysis) is 1. The molecule has 0 saturated heterocycles. The van der Waals surface area contributed by atoms with Crippen LogP contribution < -0.4 is 5.32 Å². The first-order valence-corrected chi connectivity index (χ1v) is 7.18. The average molecular weight is 279 g/mol. The van der Waals surface area contributed by atoms with Gasteiger partial charge in [0.15, 0.2) is 0 Å². The van der Waals surface area contributed by atoms with Crippen molar-refractivity contribution in [1.29, 1.82) is 0 Å². The predicted octanol–water partition coefficient (Wildman–Crippen LogP) is 3.63. The third-order valence-electron chi connectivity index (χ3n) is 3.12. The number of phenolic OH excluding ortho intramolecular Hbond substituents is 1. The standard InChI is InChI=1S/C16H25NO3/c1-4-5-11-16(2,3)20-15(19)17-12-10-13-6-8-14(18)9-7-13/h6-9,18H,4-5,10-12H2,1-3H3,(H,17,19). The van der Waals surface area contributed by atoms with E-state index in [2.05, 4.69) is 12.2 Å². The van der Waals surface area contributed by atoms with Gasteiger partial charge in [-0.05, 0) is 50.8 Å². The Balaban J connectivity index is 2.27. The van der Waals surface area contributed by atoms with Crippen LogP contribution in [0.4, 0.5) is 4.79 Å². The van der Waals surface area contributed by atoms with Crippen molar-refractivity contribution >= 4 is 6.09 Å². The number of carbonyl (C=O) groups excluding carboxylic acids is 1. The van der Waals surface area contributed by atoms with Gasteiger partial charge < -0.3 is 15.2 Å². The summed E-state index contributed by atoms with van der Waals surface area (Å²) in [6, 6.07) is 6.96. The van der Waals surface area contributed by atoms with Gasteiger partial charge in [-0.1, -0.05) is 25.5 Å². The molecule has 0 aliphatic heterocycles. The molecule has 2 N–H and O–H groups in total. The molecule has 4 nitrogen and oxygen atoms in total. The average Bonchev–Trinajstić information content (AvgIpc) is 2.38. The summed E-state index contributed by atoms with van der Waals surface area (Å²) < 4.78 is 5.41. The molecule has 20 heavy (non-hydrogen) atoms. The molecule has 0 aliphatic carbocycles. The molecule has 1 amide bonds. The van der Waals surface area contributed by atoms with Crippen LogP contribution in [0.2, 0.25) is 0 Å². The molecule has 0 aromatic heterocycles. The lowest BCUT2D eigenvalue weighted by Gasteiger charge is -2.25. The first kappa shape index (κ1) is 16.3. The summed E-state index contributed by atoms with van der Waals surface area (Å²) in [6.45, 7) is 6.51. The SMILES string of the molecule is CCCCC(C)(C)OC(=O)NCCc1ccc(O)cc1. The fraction of sp³-hybridized carbons (Fsp3) is 0.562. The van der Waals surface area contributed by atoms with Crippen molar-refractivity contribution < 1.29 is 14.6 Å². The molecule has 0 unspecified atom stereocenters. The Labute approximate surface area is 121 Å². The molecule has 112 valence electrons. The van der Waals surface area contributed by atoms with Crippen molar-refractivity contribution in [2.75, 3.05) is 6.54 Å². The lowest BCUT2D eigenvalue weighted by Crippen LogP contribution is -2.35. The molecule has 1 aromatic carbocycles. The summed E-state index contributed by atoms with van der Waals surface area (Å²) in [4.78, 5) is 11.7. The molecule has 0 saturated carbocycles. The van der Waals surface area contributed by atoms with Crippen LogP contribution in [0, 0.1) is 0 Å². The van der Waals surface area contributed by atoms with Gasteiger partial charge >= 0.3 is 6.09 Å². The van der Waals surface area contributed by atoms with Gasteiger partial charge in [0.2, 0.25) is 0 Å². The zero-order valence-corrected chi connectivity index (χ0v) is 12.6. The zero-order valence-electron chi connectivity index (χ0n) is 12.6. The Bertz CT molecular complexity index is 412. The molecule has 4 heteroatoms. The van der Waals surface area contributed by atoms with Gasteiger partial charge in [0.1, 0.15) is 11.4 Å². The van der Waals surface area contributed by atoms with Gasteiger partial charge in [-0.15, -0.1) is 0 Å². The predicted molar refractivity (Wildman–Crippen MR) is 79.9 cm³/mol. The van der Waals surface area contributed by atoms with Crippen LogP contribution in [0.15, 0.2) is 24.3 Å². The number of nitrogens with one attached hydrogen (secondary N) is 1. The fourth-order valence-electron chi connectivity index (χ4n) is 1.91. The summed E-state index contributed by atoms with van der Waals surface area (Å²) >= 11 is 0. The van der Waals surface area contributed by atoms with Gasteiger partial charge in [0, 0.05) is 6.54 Å². The van der Waals surface area contributed by atoms with Gasteiger partial charge in [-0.25, -0.2) is 4.79 Å². The summed E-state index contributed by atoms with van der Waals surface area (Å²) in [5.74, 6) is 0.249. The fourth-order valence-corrected chi connectivity index (χ4v) is 1.91. The number of hydrogen-bond acceptors (Lipinski definition) is 3. The molecule has 1 rings (SSSR count). The Hall–Kier alpha value is -1.71. The minimum atomic E-state index is -0.418. The summed E-state index contributed by atoms with van der Waals surface area (Å²) in [5.41, 5.74) is 0.645. The minimum absolute atomic E-state index is 0.249. The second-order valence-corrected chi connectivity index (χ2v) is 5.60. The van der Waals surface area contributed by atoms with E-state index in [1.165, 1.54) is 0 Å². The number of amides is 1. The number of rotatable bonds is 7. The lowest BCUT2D eigenvalue weighted by atomic mass is 10.0. The van der Waals surface area contributed by atoms with E-state index < -0.39 is 5.60 Å². The van der Waals surface area contributed by atoms with Crippen LogP contribution in [0.1, 0.15) is 45.6 Å². The number of carbonyl (C=O) groups is 1. The Morgan fingerprint density at radius 2 is 1.95 bits per heavy atom. The molecular weight excluding hydrogens is 254 g/mol. The molecule has 0 radical (unpaired) electrons. The van der Waals surface area contributed by atoms with Crippen LogP contribution >= 0.6 is 0 Å². The highest BCUT2D eigenvalue weighted by Gasteiger charge is 2.21. The number of phenols is 1. The van der Waals surface area contributed by atoms with Gasteiger partial charge in [-0.2, -0.15) is 0 Å². The van der Waals surface area contributed by atoms with E-state index in [0.717, 1.165) is 24.8 Å². The van der Waals surface area contributed by atoms with Crippen molar-refractivity contribution in [3.63, 3.8) is 0 Å². The van der Waals surface area contributed by atoms with Crippen LogP contribution in [0.3, 0.4) is 0 Å². The van der Waals surface area contributed by atoms with E-state index in [9.17, 15) is 9.90 Å². The van der Waals surface area contributed by atoms with E-state index in [4.69, 9.17) is 4.74 Å². The molecular formula is C16H25NO3. The minimum Gasteiger partial charge on any atom is -0.508 e. The van der Waals surface area contributed by atoms with Crippen LogP contribution in [0.25, 0.3) is 0 Å². The van der Waals surface area contributed by atoms with E-state index >= 15 is 0 Å². The number of unbranched alkanes of at least 4 members (excludes halogenated alkanes) is 1. The second-order valence-electron chi connectivity index (χ2n) is 5.60. The summed E-state index contributed by atoms with van der Waals surface area (Å²) in [6.07, 6.45) is 3.35. The van der Waals surface area contributed by atoms with Crippen molar-refractivity contribution in [2.24, 2.45) is 0 Å². The molecule has 0 fully saturated rings. The van der Waals surface area contributed by atoms with Gasteiger partial charge in [-0.3, -0.25) is 0 Å². The molecule has 0 heterocycles. The summed E-state index contributed by atoms with van der Waals surface area (Å²) in [7, 11) is 0. The maximum absolute atomic E-state index is 11.7. The largest absolute Gasteiger partial charge is 0.508 e. The van der Waals surface area contributed by atoms with Gasteiger partial charge in [0.25, 0.3) is 0 Å². The lowest BCUT2D eigenvalue weighted by molar-refractivity contribution is 0.0313. The van der Waals surface area contributed by atoms with Crippen LogP contribution in [-0.4, -0.2) is 23.3 Å². The first-order valence-electron chi connectivity index (χ1n) is 7.18. The molecule has 0 atom stereocenters. The highest BCUT2D eigenvalue weighted by molar-refractivity contribution is 5.67. The quantitative estimate of drug-likeness (QED) is 0.801. The monoisotopic (exact) mass is 279 g/mol. The topological polar surface area (TPSA) is 58.6 Å². The number of hydrogen-bond donors (Lipinski definition) is 2. The third kappa shape index (κ3) is 6.45. The molecule has 0 spiro atoms. The normalized spacial score (nSPS) is 11.2. The van der Waals surface area contributed by atoms with E-state index in [0.29, 0.717) is 13.0 Å². The summed E-state index contributed by atoms with van der Waals surface area (Å²) in [5, 5.41) is 11.9. The van der Waals surface area contributed by atoms with Gasteiger partial charge in [0.05, 0.1) is 0 Å². The molecule has 0 aliphatic rings.